The number of carbonyl (C=O) groups excluding carboxylic acids is 2. The molecule has 0 spiro atoms. The third kappa shape index (κ3) is 3.00. The van der Waals surface area contributed by atoms with E-state index in [0.717, 1.165) is 53.4 Å². The van der Waals surface area contributed by atoms with Crippen molar-refractivity contribution in [2.75, 3.05) is 18.4 Å². The average molecular weight is 383 g/mol. The molecule has 0 saturated carbocycles. The van der Waals surface area contributed by atoms with Crippen LogP contribution in [0.4, 0.5) is 5.69 Å². The number of nitrogens with zero attached hydrogens (tertiary/aromatic N) is 1. The predicted molar refractivity (Wildman–Crippen MR) is 115 cm³/mol. The minimum atomic E-state index is -0.599. The summed E-state index contributed by atoms with van der Waals surface area (Å²) in [5.41, 5.74) is 3.13. The lowest BCUT2D eigenvalue weighted by atomic mass is 10.0. The van der Waals surface area contributed by atoms with Crippen LogP contribution < -0.4 is 10.6 Å². The molecule has 5 rings (SSSR count). The summed E-state index contributed by atoms with van der Waals surface area (Å²) in [7, 11) is 0. The lowest BCUT2D eigenvalue weighted by Crippen LogP contribution is -2.24. The van der Waals surface area contributed by atoms with Crippen LogP contribution in [0.3, 0.4) is 0 Å². The van der Waals surface area contributed by atoms with Gasteiger partial charge in [0, 0.05) is 53.7 Å². The summed E-state index contributed by atoms with van der Waals surface area (Å²) in [5, 5.41) is 9.00. The number of carbonyl (C=O) groups is 2. The fraction of sp³-hybridized carbons (Fsp3) is 0.167. The molecule has 144 valence electrons. The van der Waals surface area contributed by atoms with Gasteiger partial charge >= 0.3 is 0 Å². The van der Waals surface area contributed by atoms with Gasteiger partial charge in [0.2, 0.25) is 0 Å². The van der Waals surface area contributed by atoms with Crippen LogP contribution in [0.2, 0.25) is 0 Å². The first-order valence-corrected chi connectivity index (χ1v) is 9.88. The van der Waals surface area contributed by atoms with Gasteiger partial charge in [-0.1, -0.05) is 54.6 Å². The molecule has 0 bridgehead atoms. The Labute approximate surface area is 168 Å². The van der Waals surface area contributed by atoms with Crippen LogP contribution in [-0.4, -0.2) is 29.3 Å². The van der Waals surface area contributed by atoms with Crippen LogP contribution in [0.25, 0.3) is 21.7 Å². The molecule has 29 heavy (non-hydrogen) atoms. The molecule has 1 aliphatic rings. The molecule has 1 aliphatic heterocycles. The number of anilines is 1. The molecule has 0 atom stereocenters. The van der Waals surface area contributed by atoms with Gasteiger partial charge in [-0.2, -0.15) is 0 Å². The molecular weight excluding hydrogens is 362 g/mol. The van der Waals surface area contributed by atoms with Crippen molar-refractivity contribution in [1.29, 1.82) is 0 Å². The summed E-state index contributed by atoms with van der Waals surface area (Å²) in [5.74, 6) is -1.08. The maximum absolute atomic E-state index is 13.3. The lowest BCUT2D eigenvalue weighted by Gasteiger charge is -2.09. The van der Waals surface area contributed by atoms with Gasteiger partial charge in [-0.25, -0.2) is 0 Å². The number of hydrogen-bond acceptors (Lipinski definition) is 3. The largest absolute Gasteiger partial charge is 0.343 e. The zero-order valence-electron chi connectivity index (χ0n) is 15.9. The van der Waals surface area contributed by atoms with Crippen LogP contribution >= 0.6 is 0 Å². The molecule has 1 aromatic heterocycles. The van der Waals surface area contributed by atoms with Crippen LogP contribution in [0.1, 0.15) is 16.1 Å². The van der Waals surface area contributed by atoms with Gasteiger partial charge < -0.3 is 15.2 Å². The number of benzene rings is 3. The van der Waals surface area contributed by atoms with E-state index >= 15 is 0 Å². The van der Waals surface area contributed by atoms with Gasteiger partial charge in [0.15, 0.2) is 0 Å². The second-order valence-electron chi connectivity index (χ2n) is 7.30. The number of ketones is 1. The van der Waals surface area contributed by atoms with Gasteiger partial charge in [0.1, 0.15) is 0 Å². The normalized spacial score (nSPS) is 13.8. The molecule has 0 aliphatic carbocycles. The zero-order valence-corrected chi connectivity index (χ0v) is 15.9. The van der Waals surface area contributed by atoms with E-state index in [1.54, 1.807) is 0 Å². The van der Waals surface area contributed by atoms with Gasteiger partial charge in [0.25, 0.3) is 11.7 Å². The van der Waals surface area contributed by atoms with Gasteiger partial charge in [-0.05, 0) is 17.5 Å². The first-order chi connectivity index (χ1) is 14.2. The molecule has 3 aromatic carbocycles. The molecule has 0 radical (unpaired) electrons. The fourth-order valence-electron chi connectivity index (χ4n) is 4.27. The Kier molecular flexibility index (Phi) is 4.37. The second kappa shape index (κ2) is 7.18. The fourth-order valence-corrected chi connectivity index (χ4v) is 4.27. The molecule has 0 fully saturated rings. The first kappa shape index (κ1) is 17.6. The van der Waals surface area contributed by atoms with Crippen molar-refractivity contribution in [3.63, 3.8) is 0 Å². The maximum atomic E-state index is 13.3. The SMILES string of the molecule is O=C(Nc1cccc2ccccc12)C(=O)c1c2n(c3ccccc13)CCNCC2. The molecule has 0 saturated heterocycles. The summed E-state index contributed by atoms with van der Waals surface area (Å²) in [6, 6.07) is 21.3. The highest BCUT2D eigenvalue weighted by Crippen LogP contribution is 2.29. The topological polar surface area (TPSA) is 63.1 Å². The number of para-hydroxylation sites is 1. The maximum Gasteiger partial charge on any atom is 0.296 e. The number of nitrogens with one attached hydrogen (secondary N) is 2. The van der Waals surface area contributed by atoms with Crippen LogP contribution in [0.5, 0.6) is 0 Å². The third-order valence-electron chi connectivity index (χ3n) is 5.60. The number of hydrogen-bond donors (Lipinski definition) is 2. The quantitative estimate of drug-likeness (QED) is 0.418. The summed E-state index contributed by atoms with van der Waals surface area (Å²) < 4.78 is 2.17. The van der Waals surface area contributed by atoms with E-state index in [1.807, 2.05) is 66.7 Å². The monoisotopic (exact) mass is 383 g/mol. The Bertz CT molecular complexity index is 1250. The first-order valence-electron chi connectivity index (χ1n) is 9.88. The summed E-state index contributed by atoms with van der Waals surface area (Å²) in [6.45, 7) is 2.43. The number of rotatable bonds is 3. The van der Waals surface area contributed by atoms with Crippen molar-refractivity contribution in [3.8, 4) is 0 Å². The Hall–Kier alpha value is -3.44. The van der Waals surface area contributed by atoms with E-state index in [1.165, 1.54) is 0 Å². The van der Waals surface area contributed by atoms with Crippen molar-refractivity contribution in [3.05, 3.63) is 78.0 Å². The Morgan fingerprint density at radius 2 is 1.62 bits per heavy atom. The van der Waals surface area contributed by atoms with Gasteiger partial charge in [0.05, 0.1) is 5.56 Å². The van der Waals surface area contributed by atoms with E-state index in [9.17, 15) is 9.59 Å². The standard InChI is InChI=1S/C24H21N3O2/c28-23(24(29)26-19-10-5-7-16-6-1-2-8-17(16)19)22-18-9-3-4-11-20(18)27-15-14-25-13-12-21(22)27/h1-11,25H,12-15H2,(H,26,29). The Balaban J connectivity index is 1.56. The second-order valence-corrected chi connectivity index (χ2v) is 7.30. The summed E-state index contributed by atoms with van der Waals surface area (Å²) in [4.78, 5) is 26.3. The Morgan fingerprint density at radius 3 is 2.52 bits per heavy atom. The lowest BCUT2D eigenvalue weighted by molar-refractivity contribution is -0.112. The van der Waals surface area contributed by atoms with E-state index in [-0.39, 0.29) is 0 Å². The minimum absolute atomic E-state index is 0.482. The van der Waals surface area contributed by atoms with Crippen molar-refractivity contribution >= 4 is 39.1 Å². The van der Waals surface area contributed by atoms with Crippen molar-refractivity contribution in [1.82, 2.24) is 9.88 Å². The van der Waals surface area contributed by atoms with Crippen LogP contribution in [-0.2, 0) is 17.8 Å². The van der Waals surface area contributed by atoms with Crippen molar-refractivity contribution in [2.24, 2.45) is 0 Å². The Morgan fingerprint density at radius 1 is 0.862 bits per heavy atom. The van der Waals surface area contributed by atoms with Crippen molar-refractivity contribution in [2.45, 2.75) is 13.0 Å². The molecule has 2 heterocycles. The number of amides is 1. The minimum Gasteiger partial charge on any atom is -0.343 e. The number of aromatic nitrogens is 1. The van der Waals surface area contributed by atoms with Crippen molar-refractivity contribution < 1.29 is 9.59 Å². The smallest absolute Gasteiger partial charge is 0.296 e. The van der Waals surface area contributed by atoms with E-state index in [2.05, 4.69) is 15.2 Å². The van der Waals surface area contributed by atoms with Crippen LogP contribution in [0.15, 0.2) is 66.7 Å². The van der Waals surface area contributed by atoms with E-state index in [4.69, 9.17) is 0 Å². The summed E-state index contributed by atoms with van der Waals surface area (Å²) in [6.07, 6.45) is 0.720. The zero-order chi connectivity index (χ0) is 19.8. The number of fused-ring (bicyclic) bond motifs is 4. The molecule has 1 amide bonds. The highest BCUT2D eigenvalue weighted by atomic mass is 16.2. The third-order valence-corrected chi connectivity index (χ3v) is 5.60. The van der Waals surface area contributed by atoms with E-state index < -0.39 is 11.7 Å². The number of Topliss-reactive ketones (excluding diaryl/α,β-unsaturated/α-hetero) is 1. The highest BCUT2D eigenvalue weighted by molar-refractivity contribution is 6.49. The molecule has 0 unspecified atom stereocenters. The molecular formula is C24H21N3O2. The average Bonchev–Trinajstić information content (AvgIpc) is 2.89. The van der Waals surface area contributed by atoms with Crippen LogP contribution in [0, 0.1) is 0 Å². The van der Waals surface area contributed by atoms with Gasteiger partial charge in [-0.15, -0.1) is 0 Å². The molecule has 5 nitrogen and oxygen atoms in total. The highest BCUT2D eigenvalue weighted by Gasteiger charge is 2.27. The molecule has 5 heteroatoms. The van der Waals surface area contributed by atoms with E-state index in [0.29, 0.717) is 11.3 Å². The molecule has 4 aromatic rings. The predicted octanol–water partition coefficient (Wildman–Crippen LogP) is 3.76. The summed E-state index contributed by atoms with van der Waals surface area (Å²) >= 11 is 0. The van der Waals surface area contributed by atoms with Gasteiger partial charge in [-0.3, -0.25) is 9.59 Å². The molecule has 2 N–H and O–H groups in total.